The van der Waals surface area contributed by atoms with Crippen LogP contribution in [0.25, 0.3) is 0 Å². The van der Waals surface area contributed by atoms with Crippen LogP contribution in [0.5, 0.6) is 0 Å². The summed E-state index contributed by atoms with van der Waals surface area (Å²) >= 11 is 0. The Labute approximate surface area is 91.8 Å². The third-order valence-corrected chi connectivity index (χ3v) is 2.06. The van der Waals surface area contributed by atoms with Crippen LogP contribution in [0.1, 0.15) is 20.7 Å². The lowest BCUT2D eigenvalue weighted by molar-refractivity contribution is 1.46. The van der Waals surface area contributed by atoms with Crippen LogP contribution in [-0.4, -0.2) is 8.07 Å². The maximum atomic E-state index is 7.83. The van der Waals surface area contributed by atoms with Gasteiger partial charge in [0.15, 0.2) is 0 Å². The van der Waals surface area contributed by atoms with Crippen molar-refractivity contribution in [3.05, 3.63) is 35.3 Å². The number of hydrogen-bond acceptors (Lipinski definition) is 0. The molecule has 13 heavy (non-hydrogen) atoms. The number of hydrogen-bond donors (Lipinski definition) is 0. The molecule has 1 heteroatoms. The molecule has 0 saturated carbocycles. The predicted molar refractivity (Wildman–Crippen MR) is 61.4 cm³/mol. The van der Waals surface area contributed by atoms with E-state index < -0.39 is 32.6 Å². The van der Waals surface area contributed by atoms with Crippen LogP contribution in [0.2, 0.25) is 19.6 Å². The predicted octanol–water partition coefficient (Wildman–Crippen LogP) is 3.22. The molecule has 68 valence electrons. The maximum Gasteiger partial charge on any atom is 0.129 e. The molecule has 1 rings (SSSR count). The average molecular weight is 195 g/mol. The Hall–Kier alpha value is -1.00. The normalized spacial score (nSPS) is 19.2. The van der Waals surface area contributed by atoms with E-state index in [2.05, 4.69) is 11.5 Å². The molecule has 0 bridgehead atoms. The molecule has 0 unspecified atom stereocenters. The monoisotopic (exact) mass is 195 g/mol. The molecular formula is C12H16Si. The summed E-state index contributed by atoms with van der Waals surface area (Å²) < 4.78 is 53.1. The highest BCUT2D eigenvalue weighted by atomic mass is 28.3. The summed E-state index contributed by atoms with van der Waals surface area (Å²) in [5.41, 5.74) is 2.39. The fraction of sp³-hybridized carbons (Fsp3) is 0.333. The summed E-state index contributed by atoms with van der Waals surface area (Å²) in [5, 5.41) is 0. The van der Waals surface area contributed by atoms with Gasteiger partial charge in [0.2, 0.25) is 0 Å². The van der Waals surface area contributed by atoms with Crippen LogP contribution in [0, 0.1) is 18.3 Å². The van der Waals surface area contributed by atoms with Crippen LogP contribution in [0.3, 0.4) is 0 Å². The molecule has 0 fully saturated rings. The first-order valence-electron chi connectivity index (χ1n) is 7.50. The van der Waals surface area contributed by atoms with Gasteiger partial charge in [0.25, 0.3) is 0 Å². The molecule has 0 aliphatic carbocycles. The van der Waals surface area contributed by atoms with Gasteiger partial charge in [0.1, 0.15) is 8.07 Å². The van der Waals surface area contributed by atoms with Crippen LogP contribution < -0.4 is 0 Å². The lowest BCUT2D eigenvalue weighted by Crippen LogP contribution is -2.16. The molecular weight excluding hydrogens is 172 g/mol. The van der Waals surface area contributed by atoms with Gasteiger partial charge in [0, 0.05) is 9.68 Å². The van der Waals surface area contributed by atoms with Gasteiger partial charge in [0.05, 0.1) is 5.48 Å². The molecule has 0 aliphatic rings. The highest BCUT2D eigenvalue weighted by Crippen LogP contribution is 2.02. The lowest BCUT2D eigenvalue weighted by Gasteiger charge is -2.03. The highest BCUT2D eigenvalue weighted by Gasteiger charge is 2.07. The molecule has 0 aromatic heterocycles. The van der Waals surface area contributed by atoms with Gasteiger partial charge in [-0.2, -0.15) is 0 Å². The highest BCUT2D eigenvalue weighted by molar-refractivity contribution is 6.83. The SMILES string of the molecule is [2H]c1c([2H])c(C([2H])([2H])[2H])c([2H])c([2H])c1C#C[Si](C)(C)C. The van der Waals surface area contributed by atoms with E-state index in [0.717, 1.165) is 0 Å². The Morgan fingerprint density at radius 1 is 1.23 bits per heavy atom. The first-order chi connectivity index (χ1) is 8.86. The molecule has 0 heterocycles. The minimum atomic E-state index is -2.68. The first-order valence-corrected chi connectivity index (χ1v) is 7.50. The molecule has 0 nitrogen and oxygen atoms in total. The zero-order chi connectivity index (χ0) is 15.9. The molecule has 0 aliphatic heterocycles. The summed E-state index contributed by atoms with van der Waals surface area (Å²) in [6, 6.07) is -1.84. The van der Waals surface area contributed by atoms with Crippen molar-refractivity contribution in [2.75, 3.05) is 0 Å². The van der Waals surface area contributed by atoms with Crippen LogP contribution in [0.15, 0.2) is 24.2 Å². The Bertz CT molecular complexity index is 570. The fourth-order valence-electron chi connectivity index (χ4n) is 0.625. The van der Waals surface area contributed by atoms with E-state index in [0.29, 0.717) is 0 Å². The van der Waals surface area contributed by atoms with Gasteiger partial charge in [-0.15, -0.1) is 5.54 Å². The van der Waals surface area contributed by atoms with E-state index in [4.69, 9.17) is 9.60 Å². The minimum absolute atomic E-state index is 0.0320. The van der Waals surface area contributed by atoms with Gasteiger partial charge in [-0.3, -0.25) is 0 Å². The third kappa shape index (κ3) is 3.96. The molecule has 0 radical (unpaired) electrons. The van der Waals surface area contributed by atoms with E-state index in [1.807, 2.05) is 19.6 Å². The second kappa shape index (κ2) is 3.80. The van der Waals surface area contributed by atoms with Crippen LogP contribution in [0.4, 0.5) is 0 Å². The second-order valence-corrected chi connectivity index (χ2v) is 8.50. The zero-order valence-electron chi connectivity index (χ0n) is 15.0. The van der Waals surface area contributed by atoms with Gasteiger partial charge in [-0.05, 0) is 18.9 Å². The zero-order valence-corrected chi connectivity index (χ0v) is 9.00. The topological polar surface area (TPSA) is 0 Å². The maximum absolute atomic E-state index is 7.83. The summed E-state index contributed by atoms with van der Waals surface area (Å²) in [5.74, 6) is 2.69. The molecule has 0 amide bonds. The lowest BCUT2D eigenvalue weighted by atomic mass is 10.2. The van der Waals surface area contributed by atoms with Crippen molar-refractivity contribution in [2.24, 2.45) is 0 Å². The molecule has 0 spiro atoms. The smallest absolute Gasteiger partial charge is 0.127 e. The van der Waals surface area contributed by atoms with Gasteiger partial charge in [-0.25, -0.2) is 0 Å². The van der Waals surface area contributed by atoms with Crippen LogP contribution in [-0.2, 0) is 0 Å². The van der Waals surface area contributed by atoms with Crippen molar-refractivity contribution in [1.82, 2.24) is 0 Å². The fourth-order valence-corrected chi connectivity index (χ4v) is 1.12. The third-order valence-electron chi connectivity index (χ3n) is 1.19. The Kier molecular flexibility index (Phi) is 1.18. The molecule has 1 aromatic carbocycles. The van der Waals surface area contributed by atoms with Gasteiger partial charge < -0.3 is 0 Å². The summed E-state index contributed by atoms with van der Waals surface area (Å²) in [6.07, 6.45) is 0. The van der Waals surface area contributed by atoms with E-state index in [-0.39, 0.29) is 17.6 Å². The molecule has 0 N–H and O–H groups in total. The van der Waals surface area contributed by atoms with E-state index in [1.54, 1.807) is 0 Å². The first kappa shape index (κ1) is 4.02. The Morgan fingerprint density at radius 3 is 2.31 bits per heavy atom. The largest absolute Gasteiger partial charge is 0.129 e. The van der Waals surface area contributed by atoms with Crippen molar-refractivity contribution in [1.29, 1.82) is 0 Å². The van der Waals surface area contributed by atoms with Crippen molar-refractivity contribution >= 4 is 8.07 Å². The summed E-state index contributed by atoms with van der Waals surface area (Å²) in [7, 11) is -1.73. The van der Waals surface area contributed by atoms with E-state index >= 15 is 0 Å². The number of rotatable bonds is 0. The second-order valence-electron chi connectivity index (χ2n) is 3.75. The van der Waals surface area contributed by atoms with E-state index in [1.165, 1.54) is 0 Å². The van der Waals surface area contributed by atoms with Crippen molar-refractivity contribution in [3.63, 3.8) is 0 Å². The van der Waals surface area contributed by atoms with Crippen molar-refractivity contribution in [2.45, 2.75) is 26.5 Å². The molecule has 0 atom stereocenters. The standard InChI is InChI=1S/C12H16Si/c1-11-5-7-12(8-6-11)9-10-13(2,3)4/h5-8H,1-4H3/i1D3,5D,6D,7D,8D. The Balaban J connectivity index is 3.65. The van der Waals surface area contributed by atoms with Crippen molar-refractivity contribution in [3.8, 4) is 11.5 Å². The molecule has 1 aromatic rings. The van der Waals surface area contributed by atoms with E-state index in [9.17, 15) is 0 Å². The minimum Gasteiger partial charge on any atom is -0.127 e. The Morgan fingerprint density at radius 2 is 1.85 bits per heavy atom. The molecule has 0 saturated heterocycles. The quantitative estimate of drug-likeness (QED) is 0.440. The van der Waals surface area contributed by atoms with Gasteiger partial charge in [-0.1, -0.05) is 43.2 Å². The number of benzene rings is 1. The van der Waals surface area contributed by atoms with Crippen molar-refractivity contribution < 1.29 is 9.60 Å². The summed E-state index contributed by atoms with van der Waals surface area (Å²) in [6.45, 7) is 3.30. The van der Waals surface area contributed by atoms with Gasteiger partial charge >= 0.3 is 0 Å². The average Bonchev–Trinajstić information content (AvgIpc) is 2.23. The summed E-state index contributed by atoms with van der Waals surface area (Å²) in [4.78, 5) is 0. The van der Waals surface area contributed by atoms with Crippen LogP contribution >= 0.6 is 0 Å².